The van der Waals surface area contributed by atoms with Gasteiger partial charge in [-0.25, -0.2) is 0 Å². The van der Waals surface area contributed by atoms with Crippen LogP contribution in [-0.4, -0.2) is 11.0 Å². The number of carbonyl (C=O) groups is 1. The number of benzene rings is 2. The smallest absolute Gasteiger partial charge is 0.266 e. The molecule has 0 spiro atoms. The van der Waals surface area contributed by atoms with Crippen molar-refractivity contribution in [1.29, 1.82) is 5.26 Å². The van der Waals surface area contributed by atoms with Gasteiger partial charge in [-0.05, 0) is 64.0 Å². The van der Waals surface area contributed by atoms with Gasteiger partial charge in [0, 0.05) is 10.2 Å². The first-order chi connectivity index (χ1) is 10.9. The minimum absolute atomic E-state index is 0.0819. The molecular weight excluding hydrogens is 447 g/mol. The van der Waals surface area contributed by atoms with Crippen molar-refractivity contribution in [2.45, 2.75) is 0 Å². The first-order valence-corrected chi connectivity index (χ1v) is 8.24. The minimum Gasteiger partial charge on any atom is -0.505 e. The number of carbonyl (C=O) groups excluding carboxylic acids is 1. The number of nitrogens with one attached hydrogen (secondary N) is 1. The van der Waals surface area contributed by atoms with Crippen LogP contribution in [0.25, 0.3) is 6.08 Å². The van der Waals surface area contributed by atoms with Gasteiger partial charge in [0.15, 0.2) is 0 Å². The second-order valence-corrected chi connectivity index (χ2v) is 6.64. The molecule has 0 radical (unpaired) electrons. The first kappa shape index (κ1) is 17.5. The summed E-state index contributed by atoms with van der Waals surface area (Å²) in [5, 5.41) is 21.6. The van der Waals surface area contributed by atoms with Gasteiger partial charge in [0.05, 0.1) is 9.50 Å². The Labute approximate surface area is 154 Å². The van der Waals surface area contributed by atoms with Gasteiger partial charge in [0.25, 0.3) is 5.91 Å². The summed E-state index contributed by atoms with van der Waals surface area (Å²) in [7, 11) is 0. The third-order valence-corrected chi connectivity index (χ3v) is 4.24. The third kappa shape index (κ3) is 4.58. The number of amides is 1. The van der Waals surface area contributed by atoms with Crippen LogP contribution in [0.2, 0.25) is 5.02 Å². The summed E-state index contributed by atoms with van der Waals surface area (Å²) in [4.78, 5) is 12.2. The molecule has 2 rings (SSSR count). The molecule has 0 aromatic heterocycles. The molecule has 2 N–H and O–H groups in total. The Kier molecular flexibility index (Phi) is 5.83. The van der Waals surface area contributed by atoms with Crippen molar-refractivity contribution in [3.63, 3.8) is 0 Å². The number of anilines is 1. The zero-order valence-electron chi connectivity index (χ0n) is 11.5. The average Bonchev–Trinajstić information content (AvgIpc) is 2.52. The Morgan fingerprint density at radius 1 is 1.26 bits per heavy atom. The van der Waals surface area contributed by atoms with Gasteiger partial charge in [0.1, 0.15) is 17.4 Å². The van der Waals surface area contributed by atoms with Crippen LogP contribution < -0.4 is 5.32 Å². The predicted molar refractivity (Wildman–Crippen MR) is 97.2 cm³/mol. The molecule has 4 nitrogen and oxygen atoms in total. The number of phenolic OH excluding ortho intramolecular Hbond substituents is 1. The Bertz CT molecular complexity index is 804. The van der Waals surface area contributed by atoms with E-state index in [2.05, 4.69) is 37.2 Å². The lowest BCUT2D eigenvalue weighted by atomic mass is 10.1. The van der Waals surface area contributed by atoms with E-state index in [1.165, 1.54) is 12.1 Å². The maximum Gasteiger partial charge on any atom is 0.266 e. The van der Waals surface area contributed by atoms with E-state index in [9.17, 15) is 15.2 Å². The van der Waals surface area contributed by atoms with Gasteiger partial charge in [-0.2, -0.15) is 5.26 Å². The summed E-state index contributed by atoms with van der Waals surface area (Å²) in [6.45, 7) is 0. The fourth-order valence-electron chi connectivity index (χ4n) is 1.72. The summed E-state index contributed by atoms with van der Waals surface area (Å²) < 4.78 is 1.26. The Morgan fingerprint density at radius 3 is 2.48 bits per heavy atom. The van der Waals surface area contributed by atoms with Crippen molar-refractivity contribution < 1.29 is 9.90 Å². The predicted octanol–water partition coefficient (Wildman–Crippen LogP) is 5.12. The van der Waals surface area contributed by atoms with Crippen LogP contribution in [0.1, 0.15) is 5.56 Å². The number of phenols is 1. The molecular formula is C16H9Br2ClN2O2. The van der Waals surface area contributed by atoms with E-state index >= 15 is 0 Å². The number of rotatable bonds is 3. The third-order valence-electron chi connectivity index (χ3n) is 2.82. The van der Waals surface area contributed by atoms with Crippen LogP contribution >= 0.6 is 43.5 Å². The van der Waals surface area contributed by atoms with Gasteiger partial charge < -0.3 is 10.4 Å². The highest BCUT2D eigenvalue weighted by molar-refractivity contribution is 9.10. The highest BCUT2D eigenvalue weighted by atomic mass is 79.9. The lowest BCUT2D eigenvalue weighted by Gasteiger charge is -2.05. The second kappa shape index (κ2) is 7.64. The molecule has 0 heterocycles. The number of hydrogen-bond donors (Lipinski definition) is 2. The van der Waals surface area contributed by atoms with Gasteiger partial charge in [0.2, 0.25) is 0 Å². The normalized spacial score (nSPS) is 11.0. The molecule has 116 valence electrons. The van der Waals surface area contributed by atoms with E-state index in [1.807, 2.05) is 6.07 Å². The van der Waals surface area contributed by atoms with Gasteiger partial charge >= 0.3 is 0 Å². The molecule has 0 unspecified atom stereocenters. The zero-order valence-corrected chi connectivity index (χ0v) is 15.4. The van der Waals surface area contributed by atoms with Crippen molar-refractivity contribution in [3.05, 3.63) is 61.5 Å². The van der Waals surface area contributed by atoms with E-state index in [4.69, 9.17) is 11.6 Å². The number of hydrogen-bond acceptors (Lipinski definition) is 3. The Balaban J connectivity index is 2.26. The molecule has 0 aliphatic rings. The molecule has 0 fully saturated rings. The van der Waals surface area contributed by atoms with Crippen molar-refractivity contribution in [2.75, 3.05) is 5.32 Å². The molecule has 0 saturated heterocycles. The molecule has 1 amide bonds. The van der Waals surface area contributed by atoms with E-state index < -0.39 is 5.91 Å². The average molecular weight is 457 g/mol. The fourth-order valence-corrected chi connectivity index (χ4v) is 2.80. The van der Waals surface area contributed by atoms with Gasteiger partial charge in [-0.1, -0.05) is 27.5 Å². The molecule has 7 heteroatoms. The van der Waals surface area contributed by atoms with Crippen molar-refractivity contribution in [2.24, 2.45) is 0 Å². The maximum absolute atomic E-state index is 12.2. The highest BCUT2D eigenvalue weighted by Crippen LogP contribution is 2.33. The molecule has 0 bridgehead atoms. The minimum atomic E-state index is -0.532. The van der Waals surface area contributed by atoms with Crippen LogP contribution in [0.15, 0.2) is 50.9 Å². The Hall–Kier alpha value is -1.81. The van der Waals surface area contributed by atoms with E-state index in [-0.39, 0.29) is 16.3 Å². The lowest BCUT2D eigenvalue weighted by Crippen LogP contribution is -2.13. The summed E-state index contributed by atoms with van der Waals surface area (Å²) in [6.07, 6.45) is 1.39. The lowest BCUT2D eigenvalue weighted by molar-refractivity contribution is -0.112. The second-order valence-electron chi connectivity index (χ2n) is 4.46. The SMILES string of the molecule is N#C/C(=C/c1cc(Cl)c(O)c(Br)c1)C(=O)Nc1ccc(Br)cc1. The van der Waals surface area contributed by atoms with E-state index in [0.29, 0.717) is 15.7 Å². The molecule has 0 aliphatic carbocycles. The molecule has 0 saturated carbocycles. The standard InChI is InChI=1S/C16H9Br2ClN2O2/c17-11-1-3-12(4-2-11)21-16(23)10(8-20)5-9-6-13(18)15(22)14(19)7-9/h1-7,22H,(H,21,23)/b10-5-. The number of aromatic hydroxyl groups is 1. The summed E-state index contributed by atoms with van der Waals surface area (Å²) >= 11 is 12.3. The summed E-state index contributed by atoms with van der Waals surface area (Å²) in [5.41, 5.74) is 1.01. The maximum atomic E-state index is 12.2. The number of halogens is 3. The molecule has 23 heavy (non-hydrogen) atoms. The van der Waals surface area contributed by atoms with E-state index in [1.54, 1.807) is 30.3 Å². The van der Waals surface area contributed by atoms with Crippen molar-refractivity contribution in [1.82, 2.24) is 0 Å². The van der Waals surface area contributed by atoms with Crippen molar-refractivity contribution >= 4 is 61.1 Å². The molecule has 2 aromatic rings. The number of nitriles is 1. The Morgan fingerprint density at radius 2 is 1.91 bits per heavy atom. The van der Waals surface area contributed by atoms with Crippen LogP contribution in [0, 0.1) is 11.3 Å². The zero-order chi connectivity index (χ0) is 17.0. The molecule has 2 aromatic carbocycles. The fraction of sp³-hybridized carbons (Fsp3) is 0. The largest absolute Gasteiger partial charge is 0.505 e. The van der Waals surface area contributed by atoms with Crippen LogP contribution in [0.3, 0.4) is 0 Å². The van der Waals surface area contributed by atoms with Crippen LogP contribution in [0.4, 0.5) is 5.69 Å². The van der Waals surface area contributed by atoms with Gasteiger partial charge in [-0.3, -0.25) is 4.79 Å². The monoisotopic (exact) mass is 454 g/mol. The topological polar surface area (TPSA) is 73.1 Å². The summed E-state index contributed by atoms with van der Waals surface area (Å²) in [5.74, 6) is -0.628. The first-order valence-electron chi connectivity index (χ1n) is 6.27. The number of nitrogens with zero attached hydrogens (tertiary/aromatic N) is 1. The van der Waals surface area contributed by atoms with E-state index in [0.717, 1.165) is 4.47 Å². The van der Waals surface area contributed by atoms with Crippen LogP contribution in [-0.2, 0) is 4.79 Å². The molecule has 0 atom stereocenters. The quantitative estimate of drug-likeness (QED) is 0.498. The highest BCUT2D eigenvalue weighted by Gasteiger charge is 2.11. The van der Waals surface area contributed by atoms with Crippen LogP contribution in [0.5, 0.6) is 5.75 Å². The van der Waals surface area contributed by atoms with Crippen molar-refractivity contribution in [3.8, 4) is 11.8 Å². The molecule has 0 aliphatic heterocycles. The summed E-state index contributed by atoms with van der Waals surface area (Å²) in [6, 6.07) is 11.9. The van der Waals surface area contributed by atoms with Gasteiger partial charge in [-0.15, -0.1) is 0 Å².